The van der Waals surface area contributed by atoms with Crippen LogP contribution in [0.15, 0.2) is 87.3 Å². The van der Waals surface area contributed by atoms with Crippen LogP contribution in [0, 0.1) is 5.92 Å². The molecule has 1 aliphatic carbocycles. The first kappa shape index (κ1) is 24.1. The van der Waals surface area contributed by atoms with Crippen LogP contribution in [0.3, 0.4) is 0 Å². The highest BCUT2D eigenvalue weighted by Crippen LogP contribution is 2.35. The highest BCUT2D eigenvalue weighted by Gasteiger charge is 2.26. The molecule has 0 spiro atoms. The van der Waals surface area contributed by atoms with E-state index in [9.17, 15) is 9.59 Å². The van der Waals surface area contributed by atoms with Gasteiger partial charge in [-0.25, -0.2) is 0 Å². The Labute approximate surface area is 208 Å². The number of aromatic nitrogens is 1. The number of primary amides is 1. The van der Waals surface area contributed by atoms with Crippen molar-refractivity contribution < 1.29 is 9.59 Å². The number of fused-ring (bicyclic) bond motifs is 1. The van der Waals surface area contributed by atoms with Crippen LogP contribution in [0.5, 0.6) is 0 Å². The van der Waals surface area contributed by atoms with Crippen molar-refractivity contribution in [3.05, 3.63) is 99.0 Å². The Morgan fingerprint density at radius 1 is 1.23 bits per heavy atom. The van der Waals surface area contributed by atoms with Gasteiger partial charge in [0.25, 0.3) is 11.8 Å². The number of hydrogen-bond acceptors (Lipinski definition) is 6. The maximum atomic E-state index is 12.8. The van der Waals surface area contributed by atoms with Crippen molar-refractivity contribution in [2.75, 3.05) is 6.54 Å². The molecule has 0 saturated heterocycles. The molecule has 35 heavy (non-hydrogen) atoms. The third kappa shape index (κ3) is 5.73. The molecule has 0 bridgehead atoms. The molecule has 4 rings (SSSR count). The monoisotopic (exact) mass is 488 g/mol. The number of carbonyl (C=O) groups excluding carboxylic acids is 2. The number of hydrazone groups is 1. The Hall–Kier alpha value is -4.04. The summed E-state index contributed by atoms with van der Waals surface area (Å²) in [6.45, 7) is 2.11. The highest BCUT2D eigenvalue weighted by molar-refractivity contribution is 6.31. The average Bonchev–Trinajstić information content (AvgIpc) is 2.83. The molecule has 1 aliphatic heterocycles. The molecule has 1 atom stereocenters. The van der Waals surface area contributed by atoms with Crippen LogP contribution in [-0.2, 0) is 11.2 Å². The number of halogens is 1. The standard InChI is InChI=1S/C26H25ClN6O2/c1-15-7-19-8-16(10-22(25(28)34)24(19)31-13-15)9-21-12-18(5-6-30-21)26(35)32-14-23(33-29)17-3-2-4-20(27)11-17/h2-7,10-13,19H,8-9,14,29H2,1H3,(H2,28,34)(H,32,35)/b33-23-. The topological polar surface area (TPSA) is 136 Å². The maximum Gasteiger partial charge on any atom is 0.251 e. The van der Waals surface area contributed by atoms with Crippen LogP contribution in [-0.4, -0.2) is 35.3 Å². The van der Waals surface area contributed by atoms with Gasteiger partial charge in [0.1, 0.15) is 0 Å². The summed E-state index contributed by atoms with van der Waals surface area (Å²) < 4.78 is 0. The van der Waals surface area contributed by atoms with Gasteiger partial charge in [0.05, 0.1) is 23.5 Å². The molecule has 2 aliphatic rings. The molecule has 0 fully saturated rings. The van der Waals surface area contributed by atoms with Crippen molar-refractivity contribution in [1.82, 2.24) is 10.3 Å². The lowest BCUT2D eigenvalue weighted by Crippen LogP contribution is -2.30. The van der Waals surface area contributed by atoms with E-state index in [1.807, 2.05) is 13.0 Å². The van der Waals surface area contributed by atoms with Gasteiger partial charge < -0.3 is 16.9 Å². The lowest BCUT2D eigenvalue weighted by molar-refractivity contribution is -0.114. The third-order valence-corrected chi connectivity index (χ3v) is 6.05. The largest absolute Gasteiger partial charge is 0.366 e. The molecule has 2 amide bonds. The Balaban J connectivity index is 1.47. The number of allylic oxidation sites excluding steroid dienone is 3. The van der Waals surface area contributed by atoms with Crippen LogP contribution < -0.4 is 16.9 Å². The minimum atomic E-state index is -0.509. The first-order valence-electron chi connectivity index (χ1n) is 11.1. The van der Waals surface area contributed by atoms with E-state index < -0.39 is 5.91 Å². The zero-order valence-corrected chi connectivity index (χ0v) is 19.9. The van der Waals surface area contributed by atoms with Crippen molar-refractivity contribution in [1.29, 1.82) is 0 Å². The van der Waals surface area contributed by atoms with E-state index in [1.165, 1.54) is 0 Å². The number of dihydropyridines is 1. The molecule has 8 nitrogen and oxygen atoms in total. The van der Waals surface area contributed by atoms with E-state index in [1.54, 1.807) is 48.8 Å². The van der Waals surface area contributed by atoms with Crippen LogP contribution in [0.4, 0.5) is 0 Å². The normalized spacial score (nSPS) is 17.4. The van der Waals surface area contributed by atoms with Crippen molar-refractivity contribution in [2.45, 2.75) is 19.8 Å². The molecule has 2 heterocycles. The SMILES string of the molecule is CC1=CC2CC(Cc3cc(C(=O)NC/C(=N/N)c4cccc(Cl)c4)ccn3)=CC(C(N)=O)=C2N=C1. The van der Waals surface area contributed by atoms with Gasteiger partial charge in [-0.05, 0) is 49.3 Å². The Morgan fingerprint density at radius 3 is 2.80 bits per heavy atom. The lowest BCUT2D eigenvalue weighted by atomic mass is 9.83. The molecular formula is C26H25ClN6O2. The number of nitrogens with zero attached hydrogens (tertiary/aromatic N) is 3. The van der Waals surface area contributed by atoms with Crippen molar-refractivity contribution in [2.24, 2.45) is 27.6 Å². The summed E-state index contributed by atoms with van der Waals surface area (Å²) >= 11 is 6.04. The first-order chi connectivity index (χ1) is 16.8. The van der Waals surface area contributed by atoms with Gasteiger partial charge in [-0.3, -0.25) is 19.6 Å². The van der Waals surface area contributed by atoms with E-state index in [0.29, 0.717) is 46.1 Å². The number of nitrogens with one attached hydrogen (secondary N) is 1. The summed E-state index contributed by atoms with van der Waals surface area (Å²) in [5.41, 5.74) is 11.2. The number of carbonyl (C=O) groups is 2. The molecule has 1 aromatic carbocycles. The van der Waals surface area contributed by atoms with Crippen molar-refractivity contribution in [3.8, 4) is 0 Å². The zero-order chi connectivity index (χ0) is 24.9. The highest BCUT2D eigenvalue weighted by atomic mass is 35.5. The molecule has 1 aromatic heterocycles. The smallest absolute Gasteiger partial charge is 0.251 e. The average molecular weight is 489 g/mol. The van der Waals surface area contributed by atoms with E-state index in [0.717, 1.165) is 16.7 Å². The number of rotatable bonds is 7. The molecule has 178 valence electrons. The molecular weight excluding hydrogens is 464 g/mol. The van der Waals surface area contributed by atoms with Gasteiger partial charge in [0.2, 0.25) is 0 Å². The second-order valence-corrected chi connectivity index (χ2v) is 8.86. The third-order valence-electron chi connectivity index (χ3n) is 5.81. The molecule has 1 unspecified atom stereocenters. The summed E-state index contributed by atoms with van der Waals surface area (Å²) in [6, 6.07) is 10.5. The number of amides is 2. The minimum absolute atomic E-state index is 0.00515. The van der Waals surface area contributed by atoms with E-state index in [4.69, 9.17) is 23.2 Å². The second kappa shape index (κ2) is 10.5. The van der Waals surface area contributed by atoms with Crippen LogP contribution in [0.2, 0.25) is 5.02 Å². The summed E-state index contributed by atoms with van der Waals surface area (Å²) in [7, 11) is 0. The first-order valence-corrected chi connectivity index (χ1v) is 11.4. The van der Waals surface area contributed by atoms with Crippen molar-refractivity contribution in [3.63, 3.8) is 0 Å². The minimum Gasteiger partial charge on any atom is -0.366 e. The fraction of sp³-hybridized carbons (Fsp3) is 0.192. The summed E-state index contributed by atoms with van der Waals surface area (Å²) in [5, 5.41) is 7.18. The number of nitrogens with two attached hydrogens (primary N) is 2. The van der Waals surface area contributed by atoms with E-state index >= 15 is 0 Å². The van der Waals surface area contributed by atoms with Gasteiger partial charge in [0.15, 0.2) is 0 Å². The number of pyridine rings is 1. The predicted octanol–water partition coefficient (Wildman–Crippen LogP) is 3.09. The second-order valence-electron chi connectivity index (χ2n) is 8.43. The maximum absolute atomic E-state index is 12.8. The van der Waals surface area contributed by atoms with Crippen LogP contribution in [0.1, 0.15) is 35.0 Å². The number of hydrogen-bond donors (Lipinski definition) is 3. The lowest BCUT2D eigenvalue weighted by Gasteiger charge is -2.25. The fourth-order valence-corrected chi connectivity index (χ4v) is 4.37. The molecule has 0 saturated carbocycles. The molecule has 2 aromatic rings. The van der Waals surface area contributed by atoms with E-state index in [-0.39, 0.29) is 18.4 Å². The Bertz CT molecular complexity index is 1340. The zero-order valence-electron chi connectivity index (χ0n) is 19.2. The Morgan fingerprint density at radius 2 is 2.06 bits per heavy atom. The van der Waals surface area contributed by atoms with Crippen molar-refractivity contribution >= 4 is 35.3 Å². The van der Waals surface area contributed by atoms with Gasteiger partial charge >= 0.3 is 0 Å². The molecule has 5 N–H and O–H groups in total. The van der Waals surface area contributed by atoms with Gasteiger partial charge in [-0.15, -0.1) is 0 Å². The van der Waals surface area contributed by atoms with Gasteiger partial charge in [0, 0.05) is 46.6 Å². The molecule has 0 radical (unpaired) electrons. The van der Waals surface area contributed by atoms with E-state index in [2.05, 4.69) is 26.5 Å². The van der Waals surface area contributed by atoms with Crippen LogP contribution in [0.25, 0.3) is 0 Å². The summed E-state index contributed by atoms with van der Waals surface area (Å²) in [6.07, 6.45) is 8.40. The van der Waals surface area contributed by atoms with Gasteiger partial charge in [-0.1, -0.05) is 35.4 Å². The fourth-order valence-electron chi connectivity index (χ4n) is 4.18. The quantitative estimate of drug-likeness (QED) is 0.313. The van der Waals surface area contributed by atoms with Crippen LogP contribution >= 0.6 is 11.6 Å². The number of aliphatic imine (C=N–C) groups is 1. The Kier molecular flexibility index (Phi) is 7.22. The molecule has 9 heteroatoms. The summed E-state index contributed by atoms with van der Waals surface area (Å²) in [5.74, 6) is 4.73. The summed E-state index contributed by atoms with van der Waals surface area (Å²) in [4.78, 5) is 33.7. The predicted molar refractivity (Wildman–Crippen MR) is 137 cm³/mol. The number of benzene rings is 1. The van der Waals surface area contributed by atoms with Gasteiger partial charge in [-0.2, -0.15) is 5.10 Å².